The lowest BCUT2D eigenvalue weighted by Crippen LogP contribution is -2.39. The molecule has 0 heterocycles. The zero-order valence-corrected chi connectivity index (χ0v) is 11.4. The average molecular weight is 336 g/mol. The number of rotatable bonds is 3. The SMILES string of the molecule is CC(CN)N(C)C(=O)c1ccc(I)c(F)c1. The molecule has 3 nitrogen and oxygen atoms in total. The van der Waals surface area contributed by atoms with Gasteiger partial charge in [-0.1, -0.05) is 0 Å². The lowest BCUT2D eigenvalue weighted by molar-refractivity contribution is 0.0748. The predicted molar refractivity (Wildman–Crippen MR) is 69.7 cm³/mol. The fourth-order valence-electron chi connectivity index (χ4n) is 1.19. The van der Waals surface area contributed by atoms with E-state index >= 15 is 0 Å². The van der Waals surface area contributed by atoms with Crippen LogP contribution in [0.3, 0.4) is 0 Å². The van der Waals surface area contributed by atoms with E-state index < -0.39 is 0 Å². The van der Waals surface area contributed by atoms with E-state index in [1.807, 2.05) is 29.5 Å². The number of benzene rings is 1. The molecule has 1 aromatic rings. The monoisotopic (exact) mass is 336 g/mol. The Hall–Kier alpha value is -0.690. The van der Waals surface area contributed by atoms with Crippen LogP contribution in [-0.4, -0.2) is 30.4 Å². The maximum absolute atomic E-state index is 13.3. The summed E-state index contributed by atoms with van der Waals surface area (Å²) in [6, 6.07) is 4.40. The van der Waals surface area contributed by atoms with Crippen molar-refractivity contribution in [3.05, 3.63) is 33.1 Å². The van der Waals surface area contributed by atoms with Gasteiger partial charge >= 0.3 is 0 Å². The quantitative estimate of drug-likeness (QED) is 0.857. The third-order valence-electron chi connectivity index (χ3n) is 2.49. The Labute approximate surface area is 108 Å². The number of amides is 1. The van der Waals surface area contributed by atoms with Crippen LogP contribution in [0.1, 0.15) is 17.3 Å². The summed E-state index contributed by atoms with van der Waals surface area (Å²) < 4.78 is 13.8. The Morgan fingerprint density at radius 1 is 1.62 bits per heavy atom. The maximum Gasteiger partial charge on any atom is 0.253 e. The summed E-state index contributed by atoms with van der Waals surface area (Å²) in [5.41, 5.74) is 5.82. The highest BCUT2D eigenvalue weighted by atomic mass is 127. The minimum absolute atomic E-state index is 0.0603. The molecule has 0 fully saturated rings. The molecule has 0 bridgehead atoms. The minimum atomic E-state index is -0.375. The Morgan fingerprint density at radius 2 is 2.25 bits per heavy atom. The minimum Gasteiger partial charge on any atom is -0.338 e. The average Bonchev–Trinajstić information content (AvgIpc) is 2.29. The number of carbonyl (C=O) groups is 1. The van der Waals surface area contributed by atoms with Crippen LogP contribution >= 0.6 is 22.6 Å². The van der Waals surface area contributed by atoms with E-state index in [1.54, 1.807) is 19.2 Å². The van der Waals surface area contributed by atoms with Gasteiger partial charge in [-0.2, -0.15) is 0 Å². The van der Waals surface area contributed by atoms with Crippen LogP contribution in [0.4, 0.5) is 4.39 Å². The van der Waals surface area contributed by atoms with Gasteiger partial charge in [0.05, 0.1) is 0 Å². The Morgan fingerprint density at radius 3 is 2.75 bits per heavy atom. The molecule has 0 aliphatic heterocycles. The molecule has 1 unspecified atom stereocenters. The zero-order valence-electron chi connectivity index (χ0n) is 9.21. The zero-order chi connectivity index (χ0) is 12.3. The molecule has 0 aromatic heterocycles. The van der Waals surface area contributed by atoms with Crippen molar-refractivity contribution >= 4 is 28.5 Å². The van der Waals surface area contributed by atoms with Gasteiger partial charge in [-0.15, -0.1) is 0 Å². The molecule has 1 aromatic carbocycles. The van der Waals surface area contributed by atoms with Crippen LogP contribution in [0.15, 0.2) is 18.2 Å². The molecule has 1 amide bonds. The van der Waals surface area contributed by atoms with Gasteiger partial charge < -0.3 is 10.6 Å². The summed E-state index contributed by atoms with van der Waals surface area (Å²) in [7, 11) is 1.66. The van der Waals surface area contributed by atoms with Gasteiger partial charge in [0.1, 0.15) is 5.82 Å². The molecule has 0 aliphatic carbocycles. The van der Waals surface area contributed by atoms with E-state index in [1.165, 1.54) is 11.0 Å². The first kappa shape index (κ1) is 13.4. The van der Waals surface area contributed by atoms with Crippen molar-refractivity contribution in [2.24, 2.45) is 5.73 Å². The first-order valence-corrected chi connectivity index (χ1v) is 5.97. The topological polar surface area (TPSA) is 46.3 Å². The largest absolute Gasteiger partial charge is 0.338 e. The van der Waals surface area contributed by atoms with Crippen molar-refractivity contribution in [3.63, 3.8) is 0 Å². The molecule has 0 aliphatic rings. The molecule has 0 saturated heterocycles. The molecule has 16 heavy (non-hydrogen) atoms. The maximum atomic E-state index is 13.3. The van der Waals surface area contributed by atoms with Crippen molar-refractivity contribution in [1.82, 2.24) is 4.90 Å². The van der Waals surface area contributed by atoms with Crippen LogP contribution < -0.4 is 5.73 Å². The highest BCUT2D eigenvalue weighted by Crippen LogP contribution is 2.14. The molecular formula is C11H14FIN2O. The Kier molecular flexibility index (Phi) is 4.67. The number of likely N-dealkylation sites (N-methyl/N-ethyl adjacent to an activating group) is 1. The number of halogens is 2. The van der Waals surface area contributed by atoms with Gasteiger partial charge in [0.15, 0.2) is 0 Å². The van der Waals surface area contributed by atoms with Crippen LogP contribution in [0.5, 0.6) is 0 Å². The number of carbonyl (C=O) groups excluding carboxylic acids is 1. The third-order valence-corrected chi connectivity index (χ3v) is 3.36. The van der Waals surface area contributed by atoms with Crippen molar-refractivity contribution in [2.75, 3.05) is 13.6 Å². The summed E-state index contributed by atoms with van der Waals surface area (Å²) in [6.07, 6.45) is 0. The van der Waals surface area contributed by atoms with Gasteiger partial charge in [0.25, 0.3) is 5.91 Å². The van der Waals surface area contributed by atoms with Crippen LogP contribution in [-0.2, 0) is 0 Å². The summed E-state index contributed by atoms with van der Waals surface area (Å²) in [5, 5.41) is 0. The lowest BCUT2D eigenvalue weighted by atomic mass is 10.1. The van der Waals surface area contributed by atoms with Gasteiger partial charge in [-0.05, 0) is 47.7 Å². The van der Waals surface area contributed by atoms with Crippen molar-refractivity contribution in [3.8, 4) is 0 Å². The lowest BCUT2D eigenvalue weighted by Gasteiger charge is -2.23. The molecule has 1 rings (SSSR count). The number of nitrogens with two attached hydrogens (primary N) is 1. The summed E-state index contributed by atoms with van der Waals surface area (Å²) in [6.45, 7) is 2.23. The van der Waals surface area contributed by atoms with Crippen LogP contribution in [0.25, 0.3) is 0 Å². The van der Waals surface area contributed by atoms with Gasteiger partial charge in [-0.3, -0.25) is 4.79 Å². The first-order valence-electron chi connectivity index (χ1n) is 4.89. The van der Waals surface area contributed by atoms with E-state index in [-0.39, 0.29) is 17.8 Å². The smallest absolute Gasteiger partial charge is 0.253 e. The third kappa shape index (κ3) is 2.91. The van der Waals surface area contributed by atoms with Gasteiger partial charge in [-0.25, -0.2) is 4.39 Å². The van der Waals surface area contributed by atoms with Gasteiger partial charge in [0, 0.05) is 28.8 Å². The van der Waals surface area contributed by atoms with Crippen LogP contribution in [0, 0.1) is 9.39 Å². The molecule has 0 saturated carbocycles. The van der Waals surface area contributed by atoms with E-state index in [9.17, 15) is 9.18 Å². The standard InChI is InChI=1S/C11H14FIN2O/c1-7(6-14)15(2)11(16)8-3-4-10(13)9(12)5-8/h3-5,7H,6,14H2,1-2H3. The Balaban J connectivity index is 2.92. The van der Waals surface area contributed by atoms with E-state index in [0.717, 1.165) is 0 Å². The highest BCUT2D eigenvalue weighted by Gasteiger charge is 2.17. The van der Waals surface area contributed by atoms with Gasteiger partial charge in [0.2, 0.25) is 0 Å². The second-order valence-electron chi connectivity index (χ2n) is 3.63. The molecule has 1 atom stereocenters. The van der Waals surface area contributed by atoms with E-state index in [2.05, 4.69) is 0 Å². The molecular weight excluding hydrogens is 322 g/mol. The van der Waals surface area contributed by atoms with Crippen molar-refractivity contribution in [2.45, 2.75) is 13.0 Å². The fourth-order valence-corrected chi connectivity index (χ4v) is 1.53. The second kappa shape index (κ2) is 5.58. The summed E-state index contributed by atoms with van der Waals surface area (Å²) in [4.78, 5) is 13.4. The molecule has 0 radical (unpaired) electrons. The normalized spacial score (nSPS) is 12.3. The molecule has 2 N–H and O–H groups in total. The van der Waals surface area contributed by atoms with Crippen molar-refractivity contribution < 1.29 is 9.18 Å². The highest BCUT2D eigenvalue weighted by molar-refractivity contribution is 14.1. The van der Waals surface area contributed by atoms with E-state index in [4.69, 9.17) is 5.73 Å². The predicted octanol–water partition coefficient (Wildman–Crippen LogP) is 1.85. The molecule has 5 heteroatoms. The number of hydrogen-bond acceptors (Lipinski definition) is 2. The van der Waals surface area contributed by atoms with Crippen LogP contribution in [0.2, 0.25) is 0 Å². The second-order valence-corrected chi connectivity index (χ2v) is 4.79. The Bertz CT molecular complexity index is 398. The van der Waals surface area contributed by atoms with Crippen molar-refractivity contribution in [1.29, 1.82) is 0 Å². The fraction of sp³-hybridized carbons (Fsp3) is 0.364. The summed E-state index contributed by atoms with van der Waals surface area (Å²) in [5.74, 6) is -0.589. The van der Waals surface area contributed by atoms with E-state index in [0.29, 0.717) is 15.7 Å². The summed E-state index contributed by atoms with van der Waals surface area (Å²) >= 11 is 1.88. The molecule has 0 spiro atoms. The number of hydrogen-bond donors (Lipinski definition) is 1. The first-order chi connectivity index (χ1) is 7.47. The number of nitrogens with zero attached hydrogens (tertiary/aromatic N) is 1. The molecule has 88 valence electrons.